The number of hydrogen-bond donors (Lipinski definition) is 3. The molecular formula is C25H42N2O3S. The second-order valence-corrected chi connectivity index (χ2v) is 9.34. The molecule has 0 saturated carbocycles. The van der Waals surface area contributed by atoms with E-state index >= 15 is 0 Å². The van der Waals surface area contributed by atoms with Crippen LogP contribution in [-0.2, 0) is 9.59 Å². The van der Waals surface area contributed by atoms with Crippen LogP contribution in [0, 0.1) is 0 Å². The molecule has 0 rings (SSSR count). The predicted octanol–water partition coefficient (Wildman–Crippen LogP) is 4.70. The number of carbonyl (C=O) groups is 2. The number of rotatable bonds is 16. The van der Waals surface area contributed by atoms with Crippen molar-refractivity contribution < 1.29 is 14.7 Å². The van der Waals surface area contributed by atoms with Gasteiger partial charge in [0.1, 0.15) is 0 Å². The lowest BCUT2D eigenvalue weighted by Crippen LogP contribution is -2.46. The largest absolute Gasteiger partial charge is 0.394 e. The molecule has 176 valence electrons. The van der Waals surface area contributed by atoms with Gasteiger partial charge in [0, 0.05) is 24.1 Å². The SMILES string of the molecule is C=C(NC(CSC/C=C(\C)CC/C=C(\C)CCC=C(C)C)C(C)=O)C(CO)NC(C)=O. The number of Topliss-reactive ketones (excluding diaryl/α,β-unsaturated/α-hetero) is 1. The van der Waals surface area contributed by atoms with E-state index in [1.807, 2.05) is 0 Å². The average Bonchev–Trinajstić information content (AvgIpc) is 2.67. The lowest BCUT2D eigenvalue weighted by Gasteiger charge is -2.24. The van der Waals surface area contributed by atoms with Gasteiger partial charge in [-0.2, -0.15) is 11.8 Å². The molecule has 0 heterocycles. The summed E-state index contributed by atoms with van der Waals surface area (Å²) >= 11 is 1.67. The van der Waals surface area contributed by atoms with Gasteiger partial charge in [-0.05, 0) is 60.3 Å². The summed E-state index contributed by atoms with van der Waals surface area (Å²) in [5.41, 5.74) is 4.60. The van der Waals surface area contributed by atoms with Crippen molar-refractivity contribution in [1.82, 2.24) is 10.6 Å². The number of amides is 1. The zero-order chi connectivity index (χ0) is 23.8. The summed E-state index contributed by atoms with van der Waals surface area (Å²) in [6.07, 6.45) is 11.2. The van der Waals surface area contributed by atoms with Crippen LogP contribution in [0.5, 0.6) is 0 Å². The first-order valence-corrected chi connectivity index (χ1v) is 12.1. The fraction of sp³-hybridized carbons (Fsp3) is 0.600. The van der Waals surface area contributed by atoms with Gasteiger partial charge in [0.05, 0.1) is 18.7 Å². The maximum absolute atomic E-state index is 12.0. The smallest absolute Gasteiger partial charge is 0.217 e. The number of allylic oxidation sites excluding steroid dienone is 5. The molecule has 0 aliphatic heterocycles. The second kappa shape index (κ2) is 16.8. The van der Waals surface area contributed by atoms with Crippen LogP contribution in [0.1, 0.15) is 67.2 Å². The Morgan fingerprint density at radius 2 is 1.48 bits per heavy atom. The number of nitrogens with one attached hydrogen (secondary N) is 2. The first-order chi connectivity index (χ1) is 14.6. The molecule has 6 heteroatoms. The molecule has 0 saturated heterocycles. The molecular weight excluding hydrogens is 408 g/mol. The molecule has 5 nitrogen and oxygen atoms in total. The third kappa shape index (κ3) is 15.6. The van der Waals surface area contributed by atoms with Crippen LogP contribution >= 0.6 is 11.8 Å². The highest BCUT2D eigenvalue weighted by Gasteiger charge is 2.19. The van der Waals surface area contributed by atoms with Crippen molar-refractivity contribution in [1.29, 1.82) is 0 Å². The van der Waals surface area contributed by atoms with E-state index in [4.69, 9.17) is 0 Å². The summed E-state index contributed by atoms with van der Waals surface area (Å²) < 4.78 is 0. The predicted molar refractivity (Wildman–Crippen MR) is 134 cm³/mol. The maximum Gasteiger partial charge on any atom is 0.217 e. The summed E-state index contributed by atoms with van der Waals surface area (Å²) in [5.74, 6) is 1.18. The highest BCUT2D eigenvalue weighted by molar-refractivity contribution is 7.99. The number of carbonyl (C=O) groups excluding carboxylic acids is 2. The summed E-state index contributed by atoms with van der Waals surface area (Å²) in [7, 11) is 0. The van der Waals surface area contributed by atoms with Crippen molar-refractivity contribution >= 4 is 23.5 Å². The minimum absolute atomic E-state index is 0.00240. The van der Waals surface area contributed by atoms with Crippen LogP contribution in [0.3, 0.4) is 0 Å². The Morgan fingerprint density at radius 1 is 0.903 bits per heavy atom. The molecule has 0 aromatic carbocycles. The van der Waals surface area contributed by atoms with Crippen LogP contribution < -0.4 is 10.6 Å². The number of thioether (sulfide) groups is 1. The summed E-state index contributed by atoms with van der Waals surface area (Å²) in [5, 5.41) is 15.1. The summed E-state index contributed by atoms with van der Waals surface area (Å²) in [6, 6.07) is -1.01. The van der Waals surface area contributed by atoms with Gasteiger partial charge in [-0.1, -0.05) is 41.5 Å². The Labute approximate surface area is 193 Å². The van der Waals surface area contributed by atoms with Crippen molar-refractivity contribution in [2.75, 3.05) is 18.1 Å². The molecule has 0 aliphatic rings. The molecule has 3 N–H and O–H groups in total. The van der Waals surface area contributed by atoms with E-state index in [1.165, 1.54) is 30.6 Å². The van der Waals surface area contributed by atoms with Gasteiger partial charge in [0.25, 0.3) is 0 Å². The molecule has 0 aliphatic carbocycles. The van der Waals surface area contributed by atoms with E-state index in [0.29, 0.717) is 11.4 Å². The third-order valence-electron chi connectivity index (χ3n) is 4.79. The zero-order valence-electron chi connectivity index (χ0n) is 20.2. The fourth-order valence-electron chi connectivity index (χ4n) is 2.80. The van der Waals surface area contributed by atoms with Crippen LogP contribution in [-0.4, -0.2) is 47.0 Å². The van der Waals surface area contributed by atoms with E-state index in [0.717, 1.165) is 31.4 Å². The molecule has 0 aromatic heterocycles. The fourth-order valence-corrected chi connectivity index (χ4v) is 3.89. The molecule has 0 radical (unpaired) electrons. The number of hydrogen-bond acceptors (Lipinski definition) is 5. The normalized spacial score (nSPS) is 13.9. The molecule has 0 bridgehead atoms. The van der Waals surface area contributed by atoms with Gasteiger partial charge in [0.2, 0.25) is 5.91 Å². The molecule has 1 amide bonds. The number of aliphatic hydroxyl groups excluding tert-OH is 1. The van der Waals surface area contributed by atoms with Crippen molar-refractivity contribution in [3.63, 3.8) is 0 Å². The van der Waals surface area contributed by atoms with Gasteiger partial charge in [0.15, 0.2) is 5.78 Å². The molecule has 31 heavy (non-hydrogen) atoms. The molecule has 2 atom stereocenters. The Morgan fingerprint density at radius 3 is 2.00 bits per heavy atom. The van der Waals surface area contributed by atoms with Gasteiger partial charge < -0.3 is 15.7 Å². The van der Waals surface area contributed by atoms with Crippen molar-refractivity contribution in [2.45, 2.75) is 79.3 Å². The first-order valence-electron chi connectivity index (χ1n) is 10.9. The topological polar surface area (TPSA) is 78.4 Å². The third-order valence-corrected chi connectivity index (χ3v) is 5.76. The van der Waals surface area contributed by atoms with Crippen LogP contribution in [0.4, 0.5) is 0 Å². The van der Waals surface area contributed by atoms with E-state index in [9.17, 15) is 14.7 Å². The summed E-state index contributed by atoms with van der Waals surface area (Å²) in [6.45, 7) is 15.1. The first kappa shape index (κ1) is 29.2. The summed E-state index contributed by atoms with van der Waals surface area (Å²) in [4.78, 5) is 23.2. The van der Waals surface area contributed by atoms with Crippen LogP contribution in [0.15, 0.2) is 47.2 Å². The Hall–Kier alpha value is -1.79. The Balaban J connectivity index is 4.40. The second-order valence-electron chi connectivity index (χ2n) is 8.27. The monoisotopic (exact) mass is 450 g/mol. The van der Waals surface area contributed by atoms with Gasteiger partial charge in [-0.25, -0.2) is 0 Å². The van der Waals surface area contributed by atoms with E-state index in [2.05, 4.69) is 63.1 Å². The van der Waals surface area contributed by atoms with Gasteiger partial charge >= 0.3 is 0 Å². The molecule has 2 unspecified atom stereocenters. The lowest BCUT2D eigenvalue weighted by molar-refractivity contribution is -0.119. The molecule has 0 spiro atoms. The lowest BCUT2D eigenvalue weighted by atomic mass is 10.1. The van der Waals surface area contributed by atoms with Gasteiger partial charge in [-0.15, -0.1) is 0 Å². The minimum Gasteiger partial charge on any atom is -0.394 e. The van der Waals surface area contributed by atoms with Gasteiger partial charge in [-0.3, -0.25) is 9.59 Å². The average molecular weight is 451 g/mol. The van der Waals surface area contributed by atoms with Crippen LogP contribution in [0.2, 0.25) is 0 Å². The Bertz CT molecular complexity index is 676. The highest BCUT2D eigenvalue weighted by Crippen LogP contribution is 2.13. The van der Waals surface area contributed by atoms with Crippen molar-refractivity contribution in [3.05, 3.63) is 47.2 Å². The minimum atomic E-state index is -0.606. The standard InChI is InChI=1S/C25H42N2O3S/c1-18(2)10-8-11-19(3)12-9-13-20(4)14-15-31-17-25(22(6)29)26-21(5)24(16-28)27-23(7)30/h10,12,14,24-26,28H,5,8-9,11,13,15-17H2,1-4,6-7H3,(H,27,30)/b19-12+,20-14+. The van der Waals surface area contributed by atoms with E-state index in [1.54, 1.807) is 11.8 Å². The van der Waals surface area contributed by atoms with E-state index in [-0.39, 0.29) is 18.3 Å². The maximum atomic E-state index is 12.0. The quantitative estimate of drug-likeness (QED) is 0.235. The number of aliphatic hydroxyl groups is 1. The van der Waals surface area contributed by atoms with Crippen molar-refractivity contribution in [2.24, 2.45) is 0 Å². The molecule has 0 aromatic rings. The van der Waals surface area contributed by atoms with Crippen molar-refractivity contribution in [3.8, 4) is 0 Å². The van der Waals surface area contributed by atoms with E-state index < -0.39 is 12.1 Å². The number of ketones is 1. The van der Waals surface area contributed by atoms with Crippen LogP contribution in [0.25, 0.3) is 0 Å². The molecule has 0 fully saturated rings. The highest BCUT2D eigenvalue weighted by atomic mass is 32.2. The zero-order valence-corrected chi connectivity index (χ0v) is 21.0. The Kier molecular flexibility index (Phi) is 15.9.